The molecule has 0 aliphatic carbocycles. The number of aromatic nitrogens is 1. The number of nitro benzene ring substituents is 1. The van der Waals surface area contributed by atoms with Gasteiger partial charge in [0.1, 0.15) is 16.7 Å². The Kier molecular flexibility index (Phi) is 8.76. The minimum absolute atomic E-state index is 0.00563. The van der Waals surface area contributed by atoms with Crippen LogP contribution in [0.4, 0.5) is 10.5 Å². The number of nitro groups is 1. The highest BCUT2D eigenvalue weighted by atomic mass is 32.1. The van der Waals surface area contributed by atoms with E-state index in [-0.39, 0.29) is 18.0 Å². The Hall–Kier alpha value is -3.79. The monoisotopic (exact) mass is 510 g/mol. The molecule has 2 amide bonds. The molecule has 0 aliphatic heterocycles. The van der Waals surface area contributed by atoms with E-state index in [0.29, 0.717) is 11.4 Å². The normalized spacial score (nSPS) is 12.9. The lowest BCUT2D eigenvalue weighted by molar-refractivity contribution is -0.384. The van der Waals surface area contributed by atoms with E-state index in [1.807, 2.05) is 42.6 Å². The summed E-state index contributed by atoms with van der Waals surface area (Å²) >= 11 is 1.42. The van der Waals surface area contributed by atoms with Crippen LogP contribution < -0.4 is 10.6 Å². The summed E-state index contributed by atoms with van der Waals surface area (Å²) in [4.78, 5) is 41.1. The van der Waals surface area contributed by atoms with Crippen LogP contribution in [0.15, 0.2) is 60.0 Å². The third-order valence-corrected chi connectivity index (χ3v) is 6.20. The molecule has 2 atom stereocenters. The van der Waals surface area contributed by atoms with Gasteiger partial charge in [-0.2, -0.15) is 0 Å². The Labute approximate surface area is 214 Å². The second-order valence-corrected chi connectivity index (χ2v) is 10.3. The number of hydrogen-bond donors (Lipinski definition) is 2. The first-order chi connectivity index (χ1) is 17.0. The van der Waals surface area contributed by atoms with Crippen LogP contribution in [0.5, 0.6) is 0 Å². The average molecular weight is 511 g/mol. The van der Waals surface area contributed by atoms with Crippen molar-refractivity contribution in [3.8, 4) is 0 Å². The molecular formula is C26H30N4O5S. The summed E-state index contributed by atoms with van der Waals surface area (Å²) in [5.41, 5.74) is 1.79. The zero-order valence-electron chi connectivity index (χ0n) is 20.7. The molecule has 2 N–H and O–H groups in total. The number of alkyl carbamates (subject to hydrolysis) is 1. The van der Waals surface area contributed by atoms with Crippen LogP contribution in [0.1, 0.15) is 48.6 Å². The van der Waals surface area contributed by atoms with Crippen molar-refractivity contribution in [3.63, 3.8) is 0 Å². The third kappa shape index (κ3) is 8.16. The Morgan fingerprint density at radius 2 is 1.67 bits per heavy atom. The molecule has 0 bridgehead atoms. The number of nitrogens with one attached hydrogen (secondary N) is 2. The van der Waals surface area contributed by atoms with E-state index in [4.69, 9.17) is 4.74 Å². The van der Waals surface area contributed by atoms with Gasteiger partial charge in [-0.1, -0.05) is 42.5 Å². The van der Waals surface area contributed by atoms with Gasteiger partial charge in [-0.3, -0.25) is 14.9 Å². The molecule has 0 radical (unpaired) electrons. The number of carbonyl (C=O) groups is 2. The maximum atomic E-state index is 13.5. The molecule has 0 fully saturated rings. The van der Waals surface area contributed by atoms with Gasteiger partial charge < -0.3 is 15.4 Å². The van der Waals surface area contributed by atoms with E-state index >= 15 is 0 Å². The zero-order chi connectivity index (χ0) is 26.3. The topological polar surface area (TPSA) is 123 Å². The molecule has 190 valence electrons. The summed E-state index contributed by atoms with van der Waals surface area (Å²) in [5, 5.41) is 19.3. The van der Waals surface area contributed by atoms with E-state index in [9.17, 15) is 19.7 Å². The van der Waals surface area contributed by atoms with Crippen LogP contribution in [0, 0.1) is 17.0 Å². The molecule has 9 nitrogen and oxygen atoms in total. The van der Waals surface area contributed by atoms with Crippen molar-refractivity contribution in [3.05, 3.63) is 91.9 Å². The van der Waals surface area contributed by atoms with Gasteiger partial charge in [0, 0.05) is 29.6 Å². The summed E-state index contributed by atoms with van der Waals surface area (Å²) in [6.07, 6.45) is -0.0376. The van der Waals surface area contributed by atoms with Crippen molar-refractivity contribution < 1.29 is 19.2 Å². The van der Waals surface area contributed by atoms with Crippen molar-refractivity contribution in [2.45, 2.75) is 58.2 Å². The zero-order valence-corrected chi connectivity index (χ0v) is 21.5. The summed E-state index contributed by atoms with van der Waals surface area (Å²) in [5.74, 6) is -0.385. The maximum absolute atomic E-state index is 13.5. The highest BCUT2D eigenvalue weighted by molar-refractivity contribution is 7.09. The summed E-state index contributed by atoms with van der Waals surface area (Å²) in [6.45, 7) is 7.13. The van der Waals surface area contributed by atoms with Gasteiger partial charge in [0.05, 0.1) is 11.0 Å². The van der Waals surface area contributed by atoms with E-state index in [1.54, 1.807) is 32.9 Å². The maximum Gasteiger partial charge on any atom is 0.408 e. The second kappa shape index (κ2) is 11.8. The van der Waals surface area contributed by atoms with E-state index < -0.39 is 28.7 Å². The van der Waals surface area contributed by atoms with E-state index in [2.05, 4.69) is 15.6 Å². The van der Waals surface area contributed by atoms with Crippen LogP contribution >= 0.6 is 11.3 Å². The van der Waals surface area contributed by atoms with E-state index in [0.717, 1.165) is 16.8 Å². The van der Waals surface area contributed by atoms with Crippen LogP contribution in [-0.4, -0.2) is 33.6 Å². The fourth-order valence-electron chi connectivity index (χ4n) is 3.50. The van der Waals surface area contributed by atoms with Crippen LogP contribution in [-0.2, 0) is 22.4 Å². The fourth-order valence-corrected chi connectivity index (χ4v) is 4.35. The van der Waals surface area contributed by atoms with Crippen LogP contribution in [0.2, 0.25) is 0 Å². The van der Waals surface area contributed by atoms with Crippen molar-refractivity contribution in [2.24, 2.45) is 0 Å². The third-order valence-electron chi connectivity index (χ3n) is 5.13. The lowest BCUT2D eigenvalue weighted by atomic mass is 10.0. The molecule has 1 heterocycles. The predicted molar refractivity (Wildman–Crippen MR) is 138 cm³/mol. The van der Waals surface area contributed by atoms with Gasteiger partial charge in [-0.15, -0.1) is 11.3 Å². The first-order valence-electron chi connectivity index (χ1n) is 11.5. The standard InChI is InChI=1S/C26H30N4O5S/c1-17-16-36-24(27-17)22(15-19-10-12-20(13-11-19)30(33)34)28-23(31)21(14-18-8-6-5-7-9-18)29-25(32)35-26(2,3)4/h5-13,16,21-22H,14-15H2,1-4H3,(H,28,31)(H,29,32)/t21-,22-/m0/s1. The molecule has 0 saturated heterocycles. The fraction of sp³-hybridized carbons (Fsp3) is 0.346. The van der Waals surface area contributed by atoms with Gasteiger partial charge in [0.2, 0.25) is 5.91 Å². The minimum Gasteiger partial charge on any atom is -0.444 e. The second-order valence-electron chi connectivity index (χ2n) is 9.40. The minimum atomic E-state index is -0.886. The number of hydrogen-bond acceptors (Lipinski definition) is 7. The largest absolute Gasteiger partial charge is 0.444 e. The van der Waals surface area contributed by atoms with Gasteiger partial charge in [0.15, 0.2) is 0 Å². The number of benzene rings is 2. The van der Waals surface area contributed by atoms with Crippen LogP contribution in [0.3, 0.4) is 0 Å². The van der Waals surface area contributed by atoms with Crippen molar-refractivity contribution in [1.29, 1.82) is 0 Å². The van der Waals surface area contributed by atoms with E-state index in [1.165, 1.54) is 23.5 Å². The smallest absolute Gasteiger partial charge is 0.408 e. The molecule has 0 saturated carbocycles. The number of thiazole rings is 1. The number of aryl methyl sites for hydroxylation is 1. The predicted octanol–water partition coefficient (Wildman–Crippen LogP) is 4.90. The molecule has 10 heteroatoms. The highest BCUT2D eigenvalue weighted by Gasteiger charge is 2.28. The molecule has 3 aromatic rings. The first-order valence-corrected chi connectivity index (χ1v) is 12.4. The molecule has 1 aromatic heterocycles. The lowest BCUT2D eigenvalue weighted by Crippen LogP contribution is -2.50. The number of nitrogens with zero attached hydrogens (tertiary/aromatic N) is 2. The molecule has 0 spiro atoms. The molecule has 0 unspecified atom stereocenters. The number of ether oxygens (including phenoxy) is 1. The highest BCUT2D eigenvalue weighted by Crippen LogP contribution is 2.24. The van der Waals surface area contributed by atoms with Gasteiger partial charge in [-0.25, -0.2) is 9.78 Å². The SMILES string of the molecule is Cc1csc([C@H](Cc2ccc([N+](=O)[O-])cc2)NC(=O)[C@H](Cc2ccccc2)NC(=O)OC(C)(C)C)n1. The number of non-ortho nitro benzene ring substituents is 1. The van der Waals surface area contributed by atoms with Gasteiger partial charge >= 0.3 is 6.09 Å². The van der Waals surface area contributed by atoms with Crippen LogP contribution in [0.25, 0.3) is 0 Å². The summed E-state index contributed by atoms with van der Waals surface area (Å²) in [6, 6.07) is 14.2. The van der Waals surface area contributed by atoms with Gasteiger partial charge in [0.25, 0.3) is 5.69 Å². The average Bonchev–Trinajstić information content (AvgIpc) is 3.24. The number of rotatable bonds is 9. The Bertz CT molecular complexity index is 1190. The lowest BCUT2D eigenvalue weighted by Gasteiger charge is -2.25. The number of carbonyl (C=O) groups excluding carboxylic acids is 2. The van der Waals surface area contributed by atoms with Crippen molar-refractivity contribution >= 4 is 29.0 Å². The number of amides is 2. The summed E-state index contributed by atoms with van der Waals surface area (Å²) in [7, 11) is 0. The van der Waals surface area contributed by atoms with Gasteiger partial charge in [-0.05, 0) is 45.2 Å². The summed E-state index contributed by atoms with van der Waals surface area (Å²) < 4.78 is 5.38. The van der Waals surface area contributed by atoms with Crippen molar-refractivity contribution in [2.75, 3.05) is 0 Å². The Morgan fingerprint density at radius 1 is 1.03 bits per heavy atom. The first kappa shape index (κ1) is 26.8. The molecule has 36 heavy (non-hydrogen) atoms. The molecule has 2 aromatic carbocycles. The molecule has 0 aliphatic rings. The Morgan fingerprint density at radius 3 is 2.22 bits per heavy atom. The Balaban J connectivity index is 1.83. The molecule has 3 rings (SSSR count). The quantitative estimate of drug-likeness (QED) is 0.312. The van der Waals surface area contributed by atoms with Crippen molar-refractivity contribution in [1.82, 2.24) is 15.6 Å². The molecular weight excluding hydrogens is 480 g/mol.